The van der Waals surface area contributed by atoms with Gasteiger partial charge < -0.3 is 10.2 Å². The Morgan fingerprint density at radius 1 is 1.00 bits per heavy atom. The summed E-state index contributed by atoms with van der Waals surface area (Å²) in [5, 5.41) is 10.9. The van der Waals surface area contributed by atoms with Gasteiger partial charge in [0.2, 0.25) is 0 Å². The van der Waals surface area contributed by atoms with Crippen molar-refractivity contribution in [2.45, 2.75) is 45.6 Å². The highest BCUT2D eigenvalue weighted by Crippen LogP contribution is 2.28. The van der Waals surface area contributed by atoms with Gasteiger partial charge >= 0.3 is 22.3 Å². The predicted molar refractivity (Wildman–Crippen MR) is 151 cm³/mol. The molecule has 13 heteroatoms. The van der Waals surface area contributed by atoms with E-state index in [2.05, 4.69) is 20.1 Å². The summed E-state index contributed by atoms with van der Waals surface area (Å²) in [6.07, 6.45) is 1.70. The normalized spacial score (nSPS) is 13.8. The first-order valence-corrected chi connectivity index (χ1v) is 14.4. The number of rotatable bonds is 7. The van der Waals surface area contributed by atoms with Crippen LogP contribution in [0.4, 0.5) is 21.1 Å². The number of anilines is 2. The molecule has 0 unspecified atom stereocenters. The second-order valence-electron chi connectivity index (χ2n) is 10.2. The third kappa shape index (κ3) is 7.49. The highest BCUT2D eigenvalue weighted by molar-refractivity contribution is 7.88. The van der Waals surface area contributed by atoms with Gasteiger partial charge in [-0.15, -0.1) is 0 Å². The van der Waals surface area contributed by atoms with E-state index in [1.54, 1.807) is 59.3 Å². The van der Waals surface area contributed by atoms with Gasteiger partial charge in [-0.2, -0.15) is 18.2 Å². The smallest absolute Gasteiger partial charge is 0.324 e. The van der Waals surface area contributed by atoms with Gasteiger partial charge in [-0.05, 0) is 48.7 Å². The van der Waals surface area contributed by atoms with E-state index in [1.807, 2.05) is 20.8 Å². The van der Waals surface area contributed by atoms with E-state index in [4.69, 9.17) is 16.7 Å². The third-order valence-electron chi connectivity index (χ3n) is 6.11. The molecule has 0 atom stereocenters. The number of carbonyl (C=O) groups is 2. The molecular formula is C26H32ClN7O4S. The van der Waals surface area contributed by atoms with Gasteiger partial charge in [0.15, 0.2) is 0 Å². The molecule has 0 spiro atoms. The molecule has 2 aromatic carbocycles. The molecule has 0 aliphatic carbocycles. The van der Waals surface area contributed by atoms with E-state index in [9.17, 15) is 18.0 Å². The Bertz CT molecular complexity index is 1440. The molecule has 1 aliphatic heterocycles. The standard InChI is InChI=1S/C26H32ClN7O4S/c1-26(2,3)22-16-23(30-24(35)29-20-12-10-19(27)11-13-20)34(31-22)21-9-5-4-8-18(21)17-28-39(37,38)32-25(36)33-14-6-7-15-33/h4-5,8-13,16,28H,6-7,14-15,17H2,1-3H3,(H,32,36)(H2,29,30,35). The molecule has 39 heavy (non-hydrogen) atoms. The van der Waals surface area contributed by atoms with Crippen molar-refractivity contribution < 1.29 is 18.0 Å². The van der Waals surface area contributed by atoms with E-state index in [0.29, 0.717) is 40.9 Å². The number of benzene rings is 2. The van der Waals surface area contributed by atoms with Crippen molar-refractivity contribution in [3.8, 4) is 5.69 Å². The van der Waals surface area contributed by atoms with Gasteiger partial charge in [0, 0.05) is 41.8 Å². The average molecular weight is 574 g/mol. The number of nitrogens with zero attached hydrogens (tertiary/aromatic N) is 3. The summed E-state index contributed by atoms with van der Waals surface area (Å²) >= 11 is 5.93. The van der Waals surface area contributed by atoms with Gasteiger partial charge in [0.1, 0.15) is 5.82 Å². The monoisotopic (exact) mass is 573 g/mol. The molecule has 1 fully saturated rings. The molecule has 2 heterocycles. The quantitative estimate of drug-likeness (QED) is 0.327. The number of urea groups is 2. The number of para-hydroxylation sites is 1. The van der Waals surface area contributed by atoms with Gasteiger partial charge in [0.25, 0.3) is 0 Å². The topological polar surface area (TPSA) is 137 Å². The molecule has 0 radical (unpaired) electrons. The number of hydrogen-bond donors (Lipinski definition) is 4. The maximum atomic E-state index is 12.8. The molecular weight excluding hydrogens is 542 g/mol. The summed E-state index contributed by atoms with van der Waals surface area (Å²) < 4.78 is 31.3. The van der Waals surface area contributed by atoms with Crippen LogP contribution in [-0.2, 0) is 22.2 Å². The maximum Gasteiger partial charge on any atom is 0.332 e. The summed E-state index contributed by atoms with van der Waals surface area (Å²) in [6, 6.07) is 14.4. The number of carbonyl (C=O) groups excluding carboxylic acids is 2. The van der Waals surface area contributed by atoms with Crippen molar-refractivity contribution >= 4 is 45.4 Å². The van der Waals surface area contributed by atoms with E-state index < -0.39 is 22.3 Å². The van der Waals surface area contributed by atoms with Crippen molar-refractivity contribution in [2.75, 3.05) is 23.7 Å². The summed E-state index contributed by atoms with van der Waals surface area (Å²) in [5.74, 6) is 0.393. The lowest BCUT2D eigenvalue weighted by Gasteiger charge is -2.17. The van der Waals surface area contributed by atoms with Crippen LogP contribution in [0.2, 0.25) is 5.02 Å². The minimum Gasteiger partial charge on any atom is -0.324 e. The predicted octanol–water partition coefficient (Wildman–Crippen LogP) is 4.61. The van der Waals surface area contributed by atoms with Gasteiger partial charge in [-0.3, -0.25) is 5.32 Å². The van der Waals surface area contributed by atoms with Crippen molar-refractivity contribution in [2.24, 2.45) is 0 Å². The number of amides is 4. The Kier molecular flexibility index (Phi) is 8.48. The van der Waals surface area contributed by atoms with Gasteiger partial charge in [0.05, 0.1) is 11.4 Å². The van der Waals surface area contributed by atoms with E-state index in [1.165, 1.54) is 4.90 Å². The molecule has 0 saturated carbocycles. The average Bonchev–Trinajstić information content (AvgIpc) is 3.55. The fourth-order valence-electron chi connectivity index (χ4n) is 4.01. The van der Waals surface area contributed by atoms with E-state index in [-0.39, 0.29) is 12.0 Å². The number of hydrogen-bond acceptors (Lipinski definition) is 5. The van der Waals surface area contributed by atoms with Crippen LogP contribution in [0.3, 0.4) is 0 Å². The van der Waals surface area contributed by atoms with Crippen molar-refractivity contribution in [3.05, 3.63) is 70.9 Å². The molecule has 1 aromatic heterocycles. The van der Waals surface area contributed by atoms with Crippen LogP contribution in [0.1, 0.15) is 44.9 Å². The molecule has 11 nitrogen and oxygen atoms in total. The Hall–Kier alpha value is -3.61. The molecule has 1 saturated heterocycles. The lowest BCUT2D eigenvalue weighted by molar-refractivity contribution is 0.214. The van der Waals surface area contributed by atoms with Gasteiger partial charge in [-0.1, -0.05) is 50.6 Å². The fraction of sp³-hybridized carbons (Fsp3) is 0.346. The maximum absolute atomic E-state index is 12.8. The zero-order valence-electron chi connectivity index (χ0n) is 22.0. The van der Waals surface area contributed by atoms with Crippen molar-refractivity contribution in [3.63, 3.8) is 0 Å². The lowest BCUT2D eigenvalue weighted by atomic mass is 9.92. The third-order valence-corrected chi connectivity index (χ3v) is 7.33. The molecule has 4 N–H and O–H groups in total. The molecule has 4 amide bonds. The fourth-order valence-corrected chi connectivity index (χ4v) is 4.91. The Balaban J connectivity index is 1.56. The van der Waals surface area contributed by atoms with Crippen LogP contribution in [0.25, 0.3) is 5.69 Å². The zero-order valence-corrected chi connectivity index (χ0v) is 23.6. The molecule has 4 rings (SSSR count). The zero-order chi connectivity index (χ0) is 28.2. The van der Waals surface area contributed by atoms with Crippen LogP contribution >= 0.6 is 11.6 Å². The van der Waals surface area contributed by atoms with Crippen LogP contribution in [0.15, 0.2) is 54.6 Å². The molecule has 208 valence electrons. The second kappa shape index (κ2) is 11.6. The molecule has 1 aliphatic rings. The van der Waals surface area contributed by atoms with Crippen molar-refractivity contribution in [1.29, 1.82) is 0 Å². The summed E-state index contributed by atoms with van der Waals surface area (Å²) in [6.45, 7) is 6.95. The first-order valence-electron chi connectivity index (χ1n) is 12.5. The first-order chi connectivity index (χ1) is 18.4. The SMILES string of the molecule is CC(C)(C)c1cc(NC(=O)Nc2ccc(Cl)cc2)n(-c2ccccc2CNS(=O)(=O)NC(=O)N2CCCC2)n1. The number of likely N-dealkylation sites (tertiary alicyclic amines) is 1. The lowest BCUT2D eigenvalue weighted by Crippen LogP contribution is -2.46. The van der Waals surface area contributed by atoms with Crippen LogP contribution in [0.5, 0.6) is 0 Å². The largest absolute Gasteiger partial charge is 0.332 e. The minimum atomic E-state index is -4.11. The first kappa shape index (κ1) is 28.4. The van der Waals surface area contributed by atoms with Crippen LogP contribution in [-0.4, -0.2) is 48.2 Å². The van der Waals surface area contributed by atoms with E-state index >= 15 is 0 Å². The minimum absolute atomic E-state index is 0.111. The Morgan fingerprint density at radius 3 is 2.33 bits per heavy atom. The highest BCUT2D eigenvalue weighted by atomic mass is 35.5. The van der Waals surface area contributed by atoms with Crippen LogP contribution in [0, 0.1) is 0 Å². The van der Waals surface area contributed by atoms with Gasteiger partial charge in [-0.25, -0.2) is 19.0 Å². The Morgan fingerprint density at radius 2 is 1.67 bits per heavy atom. The van der Waals surface area contributed by atoms with E-state index in [0.717, 1.165) is 18.5 Å². The van der Waals surface area contributed by atoms with Crippen molar-refractivity contribution in [1.82, 2.24) is 24.1 Å². The Labute approximate surface area is 233 Å². The number of nitrogens with one attached hydrogen (secondary N) is 4. The second-order valence-corrected chi connectivity index (χ2v) is 12.2. The van der Waals surface area contributed by atoms with Crippen LogP contribution < -0.4 is 20.1 Å². The highest BCUT2D eigenvalue weighted by Gasteiger charge is 2.25. The summed E-state index contributed by atoms with van der Waals surface area (Å²) in [7, 11) is -4.11. The summed E-state index contributed by atoms with van der Waals surface area (Å²) in [4.78, 5) is 26.6. The number of halogens is 1. The molecule has 3 aromatic rings. The number of aromatic nitrogens is 2. The molecule has 0 bridgehead atoms. The summed E-state index contributed by atoms with van der Waals surface area (Å²) in [5.41, 5.74) is 2.09.